The standard InChI is InChI=1S/C56H56N4O4/c1-5-33-61-41-17-9-37(10-18-41)53-45-25-27-47(57-45)54(38-11-19-42(20-12-38)62-34-6-2)49-29-31-51(59-49)56(40-15-23-44(24-16-40)64-36-8-4)52-32-30-50(60-52)55(48-28-26-46(53)58-48)39-13-21-43(22-14-39)63-35-7-3/h1-4,9-25,27,30,32,45-60H,26,28-29,31,33-36H2. The van der Waals surface area contributed by atoms with Gasteiger partial charge in [-0.05, 0) is 96.5 Å². The van der Waals surface area contributed by atoms with Crippen LogP contribution in [0.1, 0.15) is 71.6 Å². The smallest absolute Gasteiger partial charge is 0.148 e. The molecule has 3 fully saturated rings. The molecule has 0 saturated carbocycles. The first kappa shape index (κ1) is 42.9. The molecule has 0 spiro atoms. The summed E-state index contributed by atoms with van der Waals surface area (Å²) in [5, 5.41) is 16.9. The Morgan fingerprint density at radius 3 is 0.766 bits per heavy atom. The number of fused-ring (bicyclic) bond motifs is 8. The molecule has 0 aliphatic carbocycles. The first-order chi connectivity index (χ1) is 31.5. The molecule has 8 nitrogen and oxygen atoms in total. The second-order valence-electron chi connectivity index (χ2n) is 17.5. The van der Waals surface area contributed by atoms with E-state index in [0.717, 1.165) is 48.7 Å². The molecule has 12 atom stereocenters. The Kier molecular flexibility index (Phi) is 13.4. The van der Waals surface area contributed by atoms with E-state index in [-0.39, 0.29) is 98.4 Å². The van der Waals surface area contributed by atoms with E-state index in [1.54, 1.807) is 0 Å². The number of terminal acetylenes is 4. The predicted octanol–water partition coefficient (Wildman–Crippen LogP) is 7.22. The van der Waals surface area contributed by atoms with Crippen LogP contribution in [0.3, 0.4) is 0 Å². The quantitative estimate of drug-likeness (QED) is 0.0880. The highest BCUT2D eigenvalue weighted by atomic mass is 16.5. The second-order valence-corrected chi connectivity index (χ2v) is 17.5. The third-order valence-corrected chi connectivity index (χ3v) is 13.9. The number of hydrogen-bond donors (Lipinski definition) is 4. The summed E-state index contributed by atoms with van der Waals surface area (Å²) >= 11 is 0. The predicted molar refractivity (Wildman–Crippen MR) is 254 cm³/mol. The Hall–Kier alpha value is -6.36. The molecular formula is C56H56N4O4. The number of nitrogens with one attached hydrogen (secondary N) is 4. The maximum atomic E-state index is 5.83. The molecule has 8 heteroatoms. The average Bonchev–Trinajstić information content (AvgIpc) is 4.19. The molecular weight excluding hydrogens is 793 g/mol. The van der Waals surface area contributed by atoms with E-state index in [9.17, 15) is 0 Å². The second kappa shape index (κ2) is 20.0. The molecule has 4 aromatic carbocycles. The maximum Gasteiger partial charge on any atom is 0.148 e. The van der Waals surface area contributed by atoms with Gasteiger partial charge in [0.05, 0.1) is 0 Å². The SMILES string of the molecule is C#CCOc1ccc(C2C3C=CC(N3)C(c3ccc(OCC#C)cc3)C3CCC(N3)C(c3ccc(OCC#C)cc3)C3C=CC(N3)C(c3ccc(OCC#C)cc3)C3CCC2N3)cc1. The van der Waals surface area contributed by atoms with Gasteiger partial charge in [-0.2, -0.15) is 0 Å². The zero-order valence-electron chi connectivity index (χ0n) is 36.1. The summed E-state index contributed by atoms with van der Waals surface area (Å²) < 4.78 is 23.3. The van der Waals surface area contributed by atoms with Gasteiger partial charge in [-0.3, -0.25) is 0 Å². The zero-order valence-corrected chi connectivity index (χ0v) is 36.1. The third kappa shape index (κ3) is 9.30. The molecule has 3 saturated heterocycles. The van der Waals surface area contributed by atoms with Crippen molar-refractivity contribution >= 4 is 0 Å². The zero-order chi connectivity index (χ0) is 43.8. The van der Waals surface area contributed by atoms with Gasteiger partial charge < -0.3 is 40.2 Å². The van der Waals surface area contributed by atoms with Gasteiger partial charge in [0.15, 0.2) is 0 Å². The number of rotatable bonds is 12. The van der Waals surface area contributed by atoms with Crippen molar-refractivity contribution < 1.29 is 18.9 Å². The van der Waals surface area contributed by atoms with E-state index in [4.69, 9.17) is 44.6 Å². The van der Waals surface area contributed by atoms with Crippen LogP contribution < -0.4 is 40.2 Å². The molecule has 0 aromatic heterocycles. The molecule has 324 valence electrons. The summed E-state index contributed by atoms with van der Waals surface area (Å²) in [5.41, 5.74) is 5.02. The van der Waals surface area contributed by atoms with Crippen LogP contribution in [-0.4, -0.2) is 74.8 Å². The van der Waals surface area contributed by atoms with E-state index in [0.29, 0.717) is 0 Å². The van der Waals surface area contributed by atoms with Gasteiger partial charge in [-0.1, -0.05) is 96.5 Å². The van der Waals surface area contributed by atoms with Gasteiger partial charge in [0.1, 0.15) is 49.4 Å². The van der Waals surface area contributed by atoms with E-state index in [1.807, 2.05) is 0 Å². The third-order valence-electron chi connectivity index (χ3n) is 13.9. The summed E-state index contributed by atoms with van der Waals surface area (Å²) in [5.74, 6) is 14.0. The van der Waals surface area contributed by atoms with E-state index in [1.165, 1.54) is 22.3 Å². The first-order valence-electron chi connectivity index (χ1n) is 22.6. The number of ether oxygens (including phenoxy) is 4. The molecule has 12 unspecified atom stereocenters. The minimum absolute atomic E-state index is 0.0763. The topological polar surface area (TPSA) is 85.0 Å². The molecule has 4 aromatic rings. The number of benzene rings is 4. The summed E-state index contributed by atoms with van der Waals surface area (Å²) in [6.07, 6.45) is 35.9. The van der Waals surface area contributed by atoms with Crippen LogP contribution in [0.4, 0.5) is 0 Å². The lowest BCUT2D eigenvalue weighted by molar-refractivity contribution is 0.316. The van der Waals surface area contributed by atoms with Crippen molar-refractivity contribution in [3.8, 4) is 72.4 Å². The number of hydrogen-bond acceptors (Lipinski definition) is 8. The molecule has 4 N–H and O–H groups in total. The highest BCUT2D eigenvalue weighted by Crippen LogP contribution is 2.44. The van der Waals surface area contributed by atoms with Crippen LogP contribution in [0.15, 0.2) is 121 Å². The van der Waals surface area contributed by atoms with Gasteiger partial charge in [-0.15, -0.1) is 25.7 Å². The first-order valence-corrected chi connectivity index (χ1v) is 22.6. The van der Waals surface area contributed by atoms with Crippen LogP contribution in [0.2, 0.25) is 0 Å². The Morgan fingerprint density at radius 2 is 0.562 bits per heavy atom. The molecule has 8 bridgehead atoms. The van der Waals surface area contributed by atoms with Crippen molar-refractivity contribution in [2.45, 2.75) is 97.7 Å². The van der Waals surface area contributed by atoms with Crippen LogP contribution in [0.5, 0.6) is 23.0 Å². The normalized spacial score (nSPS) is 30.1. The molecule has 9 rings (SSSR count). The molecule has 5 aliphatic rings. The minimum Gasteiger partial charge on any atom is -0.481 e. The fourth-order valence-electron chi connectivity index (χ4n) is 11.2. The van der Waals surface area contributed by atoms with Crippen molar-refractivity contribution in [3.63, 3.8) is 0 Å². The van der Waals surface area contributed by atoms with Crippen LogP contribution >= 0.6 is 0 Å². The lowest BCUT2D eigenvalue weighted by atomic mass is 9.83. The van der Waals surface area contributed by atoms with Crippen molar-refractivity contribution in [1.29, 1.82) is 0 Å². The van der Waals surface area contributed by atoms with Crippen LogP contribution in [0.25, 0.3) is 0 Å². The van der Waals surface area contributed by atoms with E-state index in [2.05, 4.69) is 166 Å². The van der Waals surface area contributed by atoms with Gasteiger partial charge in [0, 0.05) is 72.0 Å². The van der Waals surface area contributed by atoms with E-state index < -0.39 is 0 Å². The van der Waals surface area contributed by atoms with Gasteiger partial charge >= 0.3 is 0 Å². The highest BCUT2D eigenvalue weighted by Gasteiger charge is 2.47. The van der Waals surface area contributed by atoms with Crippen molar-refractivity contribution in [2.75, 3.05) is 26.4 Å². The van der Waals surface area contributed by atoms with Gasteiger partial charge in [0.25, 0.3) is 0 Å². The Bertz CT molecular complexity index is 2100. The Balaban J connectivity index is 1.11. The average molecular weight is 849 g/mol. The van der Waals surface area contributed by atoms with E-state index >= 15 is 0 Å². The Morgan fingerprint density at radius 1 is 0.344 bits per heavy atom. The minimum atomic E-state index is 0.0763. The van der Waals surface area contributed by atoms with Gasteiger partial charge in [0.2, 0.25) is 0 Å². The molecule has 0 amide bonds. The van der Waals surface area contributed by atoms with Crippen molar-refractivity contribution in [1.82, 2.24) is 21.3 Å². The largest absolute Gasteiger partial charge is 0.481 e. The Labute approximate surface area is 379 Å². The monoisotopic (exact) mass is 848 g/mol. The van der Waals surface area contributed by atoms with Crippen LogP contribution in [0, 0.1) is 49.4 Å². The molecule has 5 heterocycles. The summed E-state index contributed by atoms with van der Waals surface area (Å²) in [4.78, 5) is 0. The van der Waals surface area contributed by atoms with Crippen molar-refractivity contribution in [3.05, 3.63) is 144 Å². The van der Waals surface area contributed by atoms with Crippen molar-refractivity contribution in [2.24, 2.45) is 0 Å². The molecule has 64 heavy (non-hydrogen) atoms. The fourth-order valence-corrected chi connectivity index (χ4v) is 11.2. The molecule has 5 aliphatic heterocycles. The summed E-state index contributed by atoms with van der Waals surface area (Å²) in [6.45, 7) is 0.928. The summed E-state index contributed by atoms with van der Waals surface area (Å²) in [7, 11) is 0. The summed E-state index contributed by atoms with van der Waals surface area (Å²) in [6, 6.07) is 35.2. The lowest BCUT2D eigenvalue weighted by Crippen LogP contribution is -2.52. The molecule has 0 radical (unpaired) electrons. The highest BCUT2D eigenvalue weighted by molar-refractivity contribution is 5.41. The fraction of sp³-hybridized carbons (Fsp3) is 0.357. The lowest BCUT2D eigenvalue weighted by Gasteiger charge is -2.38. The van der Waals surface area contributed by atoms with Gasteiger partial charge in [-0.25, -0.2) is 0 Å². The maximum absolute atomic E-state index is 5.83. The van der Waals surface area contributed by atoms with Crippen LogP contribution in [-0.2, 0) is 0 Å².